The van der Waals surface area contributed by atoms with Gasteiger partial charge in [-0.3, -0.25) is 9.59 Å². The molecule has 1 atom stereocenters. The Morgan fingerprint density at radius 2 is 2.00 bits per heavy atom. The highest BCUT2D eigenvalue weighted by atomic mass is 16.5. The summed E-state index contributed by atoms with van der Waals surface area (Å²) in [4.78, 5) is 23.2. The maximum Gasteiger partial charge on any atom is 0.258 e. The van der Waals surface area contributed by atoms with Crippen molar-refractivity contribution in [2.45, 2.75) is 19.6 Å². The van der Waals surface area contributed by atoms with Crippen molar-refractivity contribution in [1.82, 2.24) is 9.88 Å². The van der Waals surface area contributed by atoms with Crippen molar-refractivity contribution < 1.29 is 14.6 Å². The number of pyridine rings is 1. The number of aryl methyl sites for hydroxylation is 1. The molecule has 1 aromatic carbocycles. The second-order valence-corrected chi connectivity index (χ2v) is 5.25. The molecule has 0 aliphatic rings. The Balaban J connectivity index is 1.72. The van der Waals surface area contributed by atoms with E-state index >= 15 is 0 Å². The third-order valence-electron chi connectivity index (χ3n) is 3.23. The standard InChI is InChI=1S/C17H20N2O4/c1-13-5-7-15(8-6-13)23-12-16(21)18-10-14(20)11-19-9-3-2-4-17(19)22/h2-9,14,20H,10-12H2,1H3,(H,18,21). The number of amides is 1. The molecule has 6 heteroatoms. The molecule has 0 spiro atoms. The number of carbonyl (C=O) groups excluding carboxylic acids is 1. The zero-order valence-corrected chi connectivity index (χ0v) is 12.9. The van der Waals surface area contributed by atoms with E-state index in [9.17, 15) is 14.7 Å². The molecule has 1 heterocycles. The Bertz CT molecular complexity index is 694. The van der Waals surface area contributed by atoms with Gasteiger partial charge in [0.15, 0.2) is 6.61 Å². The molecule has 2 aromatic rings. The van der Waals surface area contributed by atoms with E-state index in [-0.39, 0.29) is 31.2 Å². The molecule has 0 saturated carbocycles. The lowest BCUT2D eigenvalue weighted by molar-refractivity contribution is -0.123. The van der Waals surface area contributed by atoms with Crippen molar-refractivity contribution in [3.8, 4) is 5.75 Å². The van der Waals surface area contributed by atoms with Crippen LogP contribution in [0.1, 0.15) is 5.56 Å². The predicted molar refractivity (Wildman–Crippen MR) is 86.4 cm³/mol. The highest BCUT2D eigenvalue weighted by Crippen LogP contribution is 2.10. The van der Waals surface area contributed by atoms with E-state index in [1.807, 2.05) is 19.1 Å². The Labute approximate surface area is 134 Å². The van der Waals surface area contributed by atoms with Crippen LogP contribution in [0.4, 0.5) is 0 Å². The van der Waals surface area contributed by atoms with Crippen LogP contribution in [-0.4, -0.2) is 34.8 Å². The van der Waals surface area contributed by atoms with Gasteiger partial charge in [-0.25, -0.2) is 0 Å². The van der Waals surface area contributed by atoms with Crippen LogP contribution in [0.3, 0.4) is 0 Å². The van der Waals surface area contributed by atoms with Gasteiger partial charge in [0.1, 0.15) is 5.75 Å². The third-order valence-corrected chi connectivity index (χ3v) is 3.23. The first-order chi connectivity index (χ1) is 11.0. The summed E-state index contributed by atoms with van der Waals surface area (Å²) in [7, 11) is 0. The van der Waals surface area contributed by atoms with Gasteiger partial charge >= 0.3 is 0 Å². The van der Waals surface area contributed by atoms with Gasteiger partial charge in [-0.15, -0.1) is 0 Å². The molecule has 122 valence electrons. The number of rotatable bonds is 7. The van der Waals surface area contributed by atoms with E-state index in [0.29, 0.717) is 5.75 Å². The Hall–Kier alpha value is -2.60. The first-order valence-corrected chi connectivity index (χ1v) is 7.34. The van der Waals surface area contributed by atoms with Crippen molar-refractivity contribution >= 4 is 5.91 Å². The summed E-state index contributed by atoms with van der Waals surface area (Å²) < 4.78 is 6.73. The minimum absolute atomic E-state index is 0.0530. The number of nitrogens with one attached hydrogen (secondary N) is 1. The van der Waals surface area contributed by atoms with Gasteiger partial charge in [-0.05, 0) is 25.1 Å². The molecule has 6 nitrogen and oxygen atoms in total. The highest BCUT2D eigenvalue weighted by Gasteiger charge is 2.09. The van der Waals surface area contributed by atoms with Crippen LogP contribution in [0, 0.1) is 6.92 Å². The molecule has 2 rings (SSSR count). The molecule has 0 saturated heterocycles. The van der Waals surface area contributed by atoms with E-state index in [1.54, 1.807) is 30.5 Å². The van der Waals surface area contributed by atoms with Crippen LogP contribution in [-0.2, 0) is 11.3 Å². The van der Waals surface area contributed by atoms with Gasteiger partial charge in [-0.1, -0.05) is 23.8 Å². The number of benzene rings is 1. The Morgan fingerprint density at radius 3 is 2.70 bits per heavy atom. The fourth-order valence-electron chi connectivity index (χ4n) is 1.97. The molecular weight excluding hydrogens is 296 g/mol. The maximum atomic E-state index is 11.7. The first kappa shape index (κ1) is 16.8. The summed E-state index contributed by atoms with van der Waals surface area (Å²) in [6, 6.07) is 12.1. The predicted octanol–water partition coefficient (Wildman–Crippen LogP) is 0.713. The molecule has 0 aliphatic heterocycles. The molecule has 1 unspecified atom stereocenters. The minimum atomic E-state index is -0.849. The van der Waals surface area contributed by atoms with Crippen molar-refractivity contribution in [3.63, 3.8) is 0 Å². The van der Waals surface area contributed by atoms with Gasteiger partial charge in [0.05, 0.1) is 12.6 Å². The maximum absolute atomic E-state index is 11.7. The van der Waals surface area contributed by atoms with Gasteiger partial charge in [0.2, 0.25) is 0 Å². The van der Waals surface area contributed by atoms with E-state index in [1.165, 1.54) is 10.6 Å². The Kier molecular flexibility index (Phi) is 5.94. The largest absolute Gasteiger partial charge is 0.484 e. The SMILES string of the molecule is Cc1ccc(OCC(=O)NCC(O)Cn2ccccc2=O)cc1. The van der Waals surface area contributed by atoms with Crippen LogP contribution in [0.2, 0.25) is 0 Å². The van der Waals surface area contributed by atoms with Crippen LogP contribution in [0.5, 0.6) is 5.75 Å². The third kappa shape index (κ3) is 5.60. The summed E-state index contributed by atoms with van der Waals surface area (Å²) in [5.41, 5.74) is 0.918. The zero-order chi connectivity index (χ0) is 16.7. The average Bonchev–Trinajstić information content (AvgIpc) is 2.54. The number of hydrogen-bond donors (Lipinski definition) is 2. The van der Waals surface area contributed by atoms with Crippen LogP contribution in [0.15, 0.2) is 53.5 Å². The molecule has 23 heavy (non-hydrogen) atoms. The van der Waals surface area contributed by atoms with Gasteiger partial charge in [0, 0.05) is 18.8 Å². The summed E-state index contributed by atoms with van der Waals surface area (Å²) in [6.07, 6.45) is 0.742. The average molecular weight is 316 g/mol. The number of ether oxygens (including phenoxy) is 1. The Morgan fingerprint density at radius 1 is 1.26 bits per heavy atom. The van der Waals surface area contributed by atoms with Crippen LogP contribution >= 0.6 is 0 Å². The molecule has 0 fully saturated rings. The molecule has 0 radical (unpaired) electrons. The normalized spacial score (nSPS) is 11.7. The summed E-state index contributed by atoms with van der Waals surface area (Å²) in [5, 5.41) is 12.5. The number of nitrogens with zero attached hydrogens (tertiary/aromatic N) is 1. The zero-order valence-electron chi connectivity index (χ0n) is 12.9. The van der Waals surface area contributed by atoms with Gasteiger partial charge in [-0.2, -0.15) is 0 Å². The quantitative estimate of drug-likeness (QED) is 0.788. The second kappa shape index (κ2) is 8.14. The molecule has 2 N–H and O–H groups in total. The lowest BCUT2D eigenvalue weighted by Crippen LogP contribution is -2.38. The van der Waals surface area contributed by atoms with Gasteiger partial charge in [0.25, 0.3) is 11.5 Å². The second-order valence-electron chi connectivity index (χ2n) is 5.25. The molecular formula is C17H20N2O4. The molecule has 0 bridgehead atoms. The summed E-state index contributed by atoms with van der Waals surface area (Å²) >= 11 is 0. The lowest BCUT2D eigenvalue weighted by Gasteiger charge is -2.13. The molecule has 1 aromatic heterocycles. The van der Waals surface area contributed by atoms with Crippen LogP contribution < -0.4 is 15.6 Å². The van der Waals surface area contributed by atoms with E-state index < -0.39 is 6.10 Å². The van der Waals surface area contributed by atoms with E-state index in [0.717, 1.165) is 5.56 Å². The summed E-state index contributed by atoms with van der Waals surface area (Å²) in [5.74, 6) is 0.284. The van der Waals surface area contributed by atoms with Gasteiger partial charge < -0.3 is 19.7 Å². The fraction of sp³-hybridized carbons (Fsp3) is 0.294. The van der Waals surface area contributed by atoms with Crippen LogP contribution in [0.25, 0.3) is 0 Å². The minimum Gasteiger partial charge on any atom is -0.484 e. The number of aromatic nitrogens is 1. The van der Waals surface area contributed by atoms with Crippen molar-refractivity contribution in [2.75, 3.05) is 13.2 Å². The molecule has 0 aliphatic carbocycles. The van der Waals surface area contributed by atoms with E-state index in [2.05, 4.69) is 5.32 Å². The molecule has 1 amide bonds. The van der Waals surface area contributed by atoms with E-state index in [4.69, 9.17) is 4.74 Å². The fourth-order valence-corrected chi connectivity index (χ4v) is 1.97. The number of carbonyl (C=O) groups is 1. The summed E-state index contributed by atoms with van der Waals surface area (Å²) in [6.45, 7) is 2.02. The number of aliphatic hydroxyl groups is 1. The van der Waals surface area contributed by atoms with Crippen molar-refractivity contribution in [1.29, 1.82) is 0 Å². The first-order valence-electron chi connectivity index (χ1n) is 7.34. The lowest BCUT2D eigenvalue weighted by atomic mass is 10.2. The van der Waals surface area contributed by atoms with Crippen molar-refractivity contribution in [3.05, 3.63) is 64.6 Å². The highest BCUT2D eigenvalue weighted by molar-refractivity contribution is 5.77. The number of hydrogen-bond acceptors (Lipinski definition) is 4. The topological polar surface area (TPSA) is 80.6 Å². The number of aliphatic hydroxyl groups excluding tert-OH is 1. The smallest absolute Gasteiger partial charge is 0.258 e. The van der Waals surface area contributed by atoms with Crippen molar-refractivity contribution in [2.24, 2.45) is 0 Å². The monoisotopic (exact) mass is 316 g/mol.